The van der Waals surface area contributed by atoms with Crippen molar-refractivity contribution in [1.29, 1.82) is 0 Å². The summed E-state index contributed by atoms with van der Waals surface area (Å²) in [4.78, 5) is 47.0. The highest BCUT2D eigenvalue weighted by Gasteiger charge is 2.39. The minimum Gasteiger partial charge on any atom is -0.489 e. The van der Waals surface area contributed by atoms with Crippen LogP contribution in [0.3, 0.4) is 0 Å². The molecule has 1 aliphatic rings. The van der Waals surface area contributed by atoms with Crippen LogP contribution in [0.1, 0.15) is 40.9 Å². The Labute approximate surface area is 262 Å². The number of benzene rings is 2. The molecular formula is C29H30F6N4O8. The molecule has 2 heterocycles. The normalized spacial score (nSPS) is 16.0. The van der Waals surface area contributed by atoms with Crippen molar-refractivity contribution in [1.82, 2.24) is 21.1 Å². The number of carbonyl (C=O) groups excluding carboxylic acids is 2. The molecule has 1 saturated heterocycles. The second-order valence-electron chi connectivity index (χ2n) is 10.1. The molecule has 47 heavy (non-hydrogen) atoms. The molecule has 12 nitrogen and oxygen atoms in total. The lowest BCUT2D eigenvalue weighted by Crippen LogP contribution is -2.59. The molecule has 0 saturated carbocycles. The SMILES string of the molecule is Cc1cc(COc2ccc(C(=O)NC3(CC(=O)NO)CCCNC3)cc2)c2ccccc2n1.O=C(O)C(F)(F)F.O=C(O)C(F)(F)F. The molecule has 18 heteroatoms. The van der Waals surface area contributed by atoms with Crippen LogP contribution in [0, 0.1) is 6.92 Å². The topological polar surface area (TPSA) is 187 Å². The van der Waals surface area contributed by atoms with Crippen LogP contribution in [-0.4, -0.2) is 75.1 Å². The first-order valence-electron chi connectivity index (χ1n) is 13.5. The molecule has 1 aliphatic heterocycles. The molecule has 6 N–H and O–H groups in total. The minimum atomic E-state index is -5.08. The average Bonchev–Trinajstić information content (AvgIpc) is 3.00. The molecule has 3 aromatic rings. The third kappa shape index (κ3) is 12.4. The van der Waals surface area contributed by atoms with Crippen LogP contribution in [0.5, 0.6) is 5.75 Å². The fourth-order valence-electron chi connectivity index (χ4n) is 4.31. The maximum Gasteiger partial charge on any atom is 0.490 e. The molecular weight excluding hydrogens is 646 g/mol. The number of rotatable bonds is 7. The lowest BCUT2D eigenvalue weighted by molar-refractivity contribution is -0.193. The van der Waals surface area contributed by atoms with Crippen LogP contribution in [0.2, 0.25) is 0 Å². The molecule has 2 aromatic carbocycles. The Hall–Kier alpha value is -4.97. The van der Waals surface area contributed by atoms with E-state index in [9.17, 15) is 35.9 Å². The number of aromatic nitrogens is 1. The number of fused-ring (bicyclic) bond motifs is 1. The van der Waals surface area contributed by atoms with E-state index in [1.54, 1.807) is 29.7 Å². The number of aliphatic carboxylic acids is 2. The molecule has 0 aliphatic carbocycles. The van der Waals surface area contributed by atoms with Gasteiger partial charge in [0.25, 0.3) is 5.91 Å². The first-order valence-corrected chi connectivity index (χ1v) is 13.5. The molecule has 256 valence electrons. The predicted octanol–water partition coefficient (Wildman–Crippen LogP) is 4.14. The van der Waals surface area contributed by atoms with E-state index in [0.29, 0.717) is 30.9 Å². The number of ether oxygens (including phenoxy) is 1. The van der Waals surface area contributed by atoms with Gasteiger partial charge in [-0.15, -0.1) is 0 Å². The largest absolute Gasteiger partial charge is 0.490 e. The van der Waals surface area contributed by atoms with Crippen LogP contribution < -0.4 is 20.9 Å². The van der Waals surface area contributed by atoms with Gasteiger partial charge in [0.05, 0.1) is 17.5 Å². The zero-order valence-corrected chi connectivity index (χ0v) is 24.5. The number of hydrogen-bond donors (Lipinski definition) is 6. The monoisotopic (exact) mass is 676 g/mol. The number of hydroxylamine groups is 1. The van der Waals surface area contributed by atoms with Gasteiger partial charge in [-0.3, -0.25) is 19.8 Å². The molecule has 1 aromatic heterocycles. The Morgan fingerprint density at radius 3 is 2.04 bits per heavy atom. The van der Waals surface area contributed by atoms with Crippen molar-refractivity contribution in [3.8, 4) is 5.75 Å². The van der Waals surface area contributed by atoms with Crippen molar-refractivity contribution < 1.29 is 65.7 Å². The molecule has 0 bridgehead atoms. The van der Waals surface area contributed by atoms with Crippen molar-refractivity contribution in [3.05, 3.63) is 71.4 Å². The van der Waals surface area contributed by atoms with Gasteiger partial charge in [-0.05, 0) is 62.7 Å². The van der Waals surface area contributed by atoms with Crippen LogP contribution in [0.25, 0.3) is 10.9 Å². The van der Waals surface area contributed by atoms with Crippen molar-refractivity contribution in [2.75, 3.05) is 13.1 Å². The summed E-state index contributed by atoms with van der Waals surface area (Å²) in [5.41, 5.74) is 4.31. The number of para-hydroxylation sites is 1. The second-order valence-corrected chi connectivity index (χ2v) is 10.1. The quantitative estimate of drug-likeness (QED) is 0.121. The van der Waals surface area contributed by atoms with Gasteiger partial charge in [-0.1, -0.05) is 18.2 Å². The van der Waals surface area contributed by atoms with E-state index in [-0.39, 0.29) is 12.3 Å². The summed E-state index contributed by atoms with van der Waals surface area (Å²) in [5.74, 6) is -5.66. The summed E-state index contributed by atoms with van der Waals surface area (Å²) >= 11 is 0. The number of carboxylic acids is 2. The maximum atomic E-state index is 12.9. The standard InChI is InChI=1S/C25H28N4O4.2C2HF3O2/c1-17-13-19(21-5-2-3-6-22(21)27-17)15-33-20-9-7-18(8-10-20)24(31)28-25(14-23(30)29-32)11-4-12-26-16-25;2*3-2(4,5)1(6)7/h2-3,5-10,13,26,32H,4,11-12,14-16H2,1H3,(H,28,31)(H,29,30);2*(H,6,7). The smallest absolute Gasteiger partial charge is 0.489 e. The maximum absolute atomic E-state index is 12.9. The lowest BCUT2D eigenvalue weighted by atomic mass is 9.86. The van der Waals surface area contributed by atoms with Crippen LogP contribution in [0.15, 0.2) is 54.6 Å². The van der Waals surface area contributed by atoms with Crippen LogP contribution >= 0.6 is 0 Å². The number of nitrogens with one attached hydrogen (secondary N) is 3. The highest BCUT2D eigenvalue weighted by molar-refractivity contribution is 5.95. The third-order valence-electron chi connectivity index (χ3n) is 6.40. The second kappa shape index (κ2) is 16.5. The Morgan fingerprint density at radius 2 is 1.53 bits per heavy atom. The van der Waals surface area contributed by atoms with E-state index < -0.39 is 35.7 Å². The summed E-state index contributed by atoms with van der Waals surface area (Å²) in [6, 6.07) is 16.9. The molecule has 4 rings (SSSR count). The van der Waals surface area contributed by atoms with E-state index >= 15 is 0 Å². The van der Waals surface area contributed by atoms with Gasteiger partial charge in [0.1, 0.15) is 12.4 Å². The number of nitrogens with zero attached hydrogens (tertiary/aromatic N) is 1. The summed E-state index contributed by atoms with van der Waals surface area (Å²) in [5, 5.41) is 30.4. The van der Waals surface area contributed by atoms with Crippen molar-refractivity contribution in [2.24, 2.45) is 0 Å². The van der Waals surface area contributed by atoms with Crippen LogP contribution in [-0.2, 0) is 21.0 Å². The van der Waals surface area contributed by atoms with E-state index in [1.165, 1.54) is 0 Å². The van der Waals surface area contributed by atoms with Gasteiger partial charge in [0.15, 0.2) is 0 Å². The Balaban J connectivity index is 0.000000459. The highest BCUT2D eigenvalue weighted by Crippen LogP contribution is 2.23. The Kier molecular flexibility index (Phi) is 13.5. The van der Waals surface area contributed by atoms with Gasteiger partial charge in [0.2, 0.25) is 5.91 Å². The van der Waals surface area contributed by atoms with Gasteiger partial charge in [0, 0.05) is 28.8 Å². The van der Waals surface area contributed by atoms with E-state index in [4.69, 9.17) is 29.7 Å². The first kappa shape index (κ1) is 38.2. The number of amides is 2. The van der Waals surface area contributed by atoms with Crippen molar-refractivity contribution in [3.63, 3.8) is 0 Å². The fourth-order valence-corrected chi connectivity index (χ4v) is 4.31. The first-order chi connectivity index (χ1) is 21.9. The zero-order chi connectivity index (χ0) is 35.4. The third-order valence-corrected chi connectivity index (χ3v) is 6.40. The zero-order valence-electron chi connectivity index (χ0n) is 24.5. The summed E-state index contributed by atoms with van der Waals surface area (Å²) < 4.78 is 69.4. The molecule has 1 unspecified atom stereocenters. The summed E-state index contributed by atoms with van der Waals surface area (Å²) in [6.07, 6.45) is -8.68. The van der Waals surface area contributed by atoms with E-state index in [0.717, 1.165) is 35.1 Å². The van der Waals surface area contributed by atoms with Crippen molar-refractivity contribution >= 4 is 34.7 Å². The fraction of sp³-hybridized carbons (Fsp3) is 0.345. The number of carbonyl (C=O) groups is 4. The van der Waals surface area contributed by atoms with E-state index in [1.807, 2.05) is 37.3 Å². The lowest BCUT2D eigenvalue weighted by Gasteiger charge is -2.37. The number of alkyl halides is 6. The number of carboxylic acid groups (broad SMARTS) is 2. The summed E-state index contributed by atoms with van der Waals surface area (Å²) in [6.45, 7) is 3.64. The highest BCUT2D eigenvalue weighted by atomic mass is 19.4. The van der Waals surface area contributed by atoms with E-state index in [2.05, 4.69) is 15.6 Å². The van der Waals surface area contributed by atoms with Gasteiger partial charge in [-0.2, -0.15) is 26.3 Å². The summed E-state index contributed by atoms with van der Waals surface area (Å²) in [7, 11) is 0. The van der Waals surface area contributed by atoms with Gasteiger partial charge >= 0.3 is 24.3 Å². The number of aryl methyl sites for hydroxylation is 1. The number of piperidine rings is 1. The number of hydrogen-bond acceptors (Lipinski definition) is 8. The molecule has 2 amide bonds. The molecule has 0 radical (unpaired) electrons. The predicted molar refractivity (Wildman–Crippen MR) is 151 cm³/mol. The minimum absolute atomic E-state index is 0.00272. The van der Waals surface area contributed by atoms with Crippen molar-refractivity contribution in [2.45, 2.75) is 50.7 Å². The average molecular weight is 677 g/mol. The number of pyridine rings is 1. The van der Waals surface area contributed by atoms with Gasteiger partial charge in [-0.25, -0.2) is 15.1 Å². The van der Waals surface area contributed by atoms with Crippen LogP contribution in [0.4, 0.5) is 26.3 Å². The Morgan fingerprint density at radius 1 is 0.957 bits per heavy atom. The molecule has 1 atom stereocenters. The molecule has 0 spiro atoms. The Bertz CT molecular complexity index is 1520. The van der Waals surface area contributed by atoms with Gasteiger partial charge < -0.3 is 25.6 Å². The molecule has 1 fully saturated rings. The number of halogens is 6.